The minimum Gasteiger partial charge on any atom is -0.454 e. The second kappa shape index (κ2) is 9.82. The highest BCUT2D eigenvalue weighted by atomic mass is 19.3. The molecule has 0 radical (unpaired) electrons. The van der Waals surface area contributed by atoms with Gasteiger partial charge >= 0.3 is 6.61 Å². The molecule has 0 unspecified atom stereocenters. The van der Waals surface area contributed by atoms with E-state index in [-0.39, 0.29) is 23.8 Å². The molecule has 0 spiro atoms. The normalized spacial score (nSPS) is 12.1. The average Bonchev–Trinajstić information content (AvgIpc) is 3.26. The van der Waals surface area contributed by atoms with Crippen LogP contribution in [0, 0.1) is 0 Å². The zero-order chi connectivity index (χ0) is 23.2. The second-order valence-corrected chi connectivity index (χ2v) is 6.81. The summed E-state index contributed by atoms with van der Waals surface area (Å²) in [7, 11) is 0. The molecule has 1 aliphatic heterocycles. The molecule has 0 fully saturated rings. The van der Waals surface area contributed by atoms with Crippen LogP contribution in [0.15, 0.2) is 72.8 Å². The average molecular weight is 452 g/mol. The van der Waals surface area contributed by atoms with Crippen LogP contribution < -0.4 is 24.8 Å². The van der Waals surface area contributed by atoms with Crippen LogP contribution in [0.4, 0.5) is 20.2 Å². The third kappa shape index (κ3) is 5.45. The summed E-state index contributed by atoms with van der Waals surface area (Å²) in [5, 5.41) is 5.38. The lowest BCUT2D eigenvalue weighted by Crippen LogP contribution is -2.17. The number of para-hydroxylation sites is 2. The summed E-state index contributed by atoms with van der Waals surface area (Å²) in [6, 6.07) is 17.6. The quantitative estimate of drug-likeness (QED) is 0.497. The van der Waals surface area contributed by atoms with Gasteiger partial charge in [-0.3, -0.25) is 9.59 Å². The number of rotatable bonds is 7. The van der Waals surface area contributed by atoms with Crippen molar-refractivity contribution in [3.8, 4) is 17.2 Å². The van der Waals surface area contributed by atoms with Crippen molar-refractivity contribution < 1.29 is 32.6 Å². The maximum atomic E-state index is 12.8. The van der Waals surface area contributed by atoms with E-state index in [0.29, 0.717) is 22.7 Å². The first-order valence-electron chi connectivity index (χ1n) is 9.82. The number of halogens is 2. The molecule has 2 N–H and O–H groups in total. The Kier molecular flexibility index (Phi) is 6.49. The molecular weight excluding hydrogens is 434 g/mol. The lowest BCUT2D eigenvalue weighted by molar-refractivity contribution is -0.111. The van der Waals surface area contributed by atoms with Gasteiger partial charge in [0.2, 0.25) is 12.7 Å². The summed E-state index contributed by atoms with van der Waals surface area (Å²) in [5.41, 5.74) is 1.32. The first-order chi connectivity index (χ1) is 16.0. The minimum atomic E-state index is -2.98. The van der Waals surface area contributed by atoms with Gasteiger partial charge < -0.3 is 24.8 Å². The predicted molar refractivity (Wildman–Crippen MR) is 118 cm³/mol. The largest absolute Gasteiger partial charge is 0.454 e. The van der Waals surface area contributed by atoms with Crippen LogP contribution >= 0.6 is 0 Å². The van der Waals surface area contributed by atoms with E-state index in [0.717, 1.165) is 0 Å². The molecule has 0 aliphatic carbocycles. The van der Waals surface area contributed by atoms with Crippen molar-refractivity contribution in [3.63, 3.8) is 0 Å². The Balaban J connectivity index is 1.46. The number of fused-ring (bicyclic) bond motifs is 1. The lowest BCUT2D eigenvalue weighted by atomic mass is 10.1. The van der Waals surface area contributed by atoms with Crippen LogP contribution in [0.5, 0.6) is 17.2 Å². The van der Waals surface area contributed by atoms with Crippen LogP contribution in [0.2, 0.25) is 0 Å². The molecule has 4 rings (SSSR count). The Hall–Kier alpha value is -4.40. The molecule has 0 atom stereocenters. The third-order valence-electron chi connectivity index (χ3n) is 4.61. The van der Waals surface area contributed by atoms with Gasteiger partial charge in [-0.05, 0) is 36.4 Å². The van der Waals surface area contributed by atoms with Gasteiger partial charge in [0, 0.05) is 23.4 Å². The van der Waals surface area contributed by atoms with E-state index in [9.17, 15) is 18.4 Å². The van der Waals surface area contributed by atoms with E-state index >= 15 is 0 Å². The number of alkyl halides is 2. The summed E-state index contributed by atoms with van der Waals surface area (Å²) in [5.74, 6) is 0.0678. The van der Waals surface area contributed by atoms with Gasteiger partial charge in [-0.25, -0.2) is 0 Å². The Morgan fingerprint density at radius 1 is 0.939 bits per heavy atom. The number of carbonyl (C=O) groups is 2. The number of anilines is 2. The van der Waals surface area contributed by atoms with E-state index in [4.69, 9.17) is 9.47 Å². The highest BCUT2D eigenvalue weighted by molar-refractivity contribution is 6.11. The number of carbonyl (C=O) groups excluding carboxylic acids is 2. The van der Waals surface area contributed by atoms with Gasteiger partial charge in [0.05, 0.1) is 11.3 Å². The SMILES string of the molecule is O=C(/C=C/c1ccccc1OC(F)F)Nc1ccccc1C(=O)Nc1ccc2c(c1)OCO2. The molecule has 3 aromatic rings. The Morgan fingerprint density at radius 3 is 2.55 bits per heavy atom. The summed E-state index contributed by atoms with van der Waals surface area (Å²) in [6.45, 7) is -2.86. The van der Waals surface area contributed by atoms with E-state index in [1.807, 2.05) is 0 Å². The fourth-order valence-corrected chi connectivity index (χ4v) is 3.12. The van der Waals surface area contributed by atoms with Crippen molar-refractivity contribution in [2.24, 2.45) is 0 Å². The van der Waals surface area contributed by atoms with Crippen molar-refractivity contribution in [1.29, 1.82) is 0 Å². The van der Waals surface area contributed by atoms with E-state index in [2.05, 4.69) is 15.4 Å². The number of hydrogen-bond acceptors (Lipinski definition) is 5. The van der Waals surface area contributed by atoms with E-state index < -0.39 is 18.4 Å². The molecule has 0 aromatic heterocycles. The summed E-state index contributed by atoms with van der Waals surface area (Å²) in [6.07, 6.45) is 2.52. The van der Waals surface area contributed by atoms with Crippen molar-refractivity contribution in [2.75, 3.05) is 17.4 Å². The molecular formula is C24H18F2N2O5. The summed E-state index contributed by atoms with van der Waals surface area (Å²) < 4.78 is 40.1. The fraction of sp³-hybridized carbons (Fsp3) is 0.0833. The lowest BCUT2D eigenvalue weighted by Gasteiger charge is -2.11. The van der Waals surface area contributed by atoms with Crippen molar-refractivity contribution in [1.82, 2.24) is 0 Å². The summed E-state index contributed by atoms with van der Waals surface area (Å²) >= 11 is 0. The van der Waals surface area contributed by atoms with Crippen LogP contribution in [0.25, 0.3) is 6.08 Å². The van der Waals surface area contributed by atoms with Crippen LogP contribution in [0.1, 0.15) is 15.9 Å². The molecule has 0 saturated carbocycles. The molecule has 0 saturated heterocycles. The zero-order valence-electron chi connectivity index (χ0n) is 17.1. The maximum absolute atomic E-state index is 12.8. The number of amides is 2. The standard InChI is InChI=1S/C24H18F2N2O5/c25-24(26)33-19-8-4-1-5-15(19)9-12-22(29)28-18-7-3-2-6-17(18)23(30)27-16-10-11-20-21(13-16)32-14-31-20/h1-13,24H,14H2,(H,27,30)(H,28,29)/b12-9+. The van der Waals surface area contributed by atoms with E-state index in [1.54, 1.807) is 54.6 Å². The Labute approximate surface area is 187 Å². The Morgan fingerprint density at radius 2 is 1.70 bits per heavy atom. The van der Waals surface area contributed by atoms with Crippen molar-refractivity contribution in [3.05, 3.63) is 83.9 Å². The molecule has 168 valence electrons. The van der Waals surface area contributed by atoms with Gasteiger partial charge in [0.15, 0.2) is 11.5 Å². The zero-order valence-corrected chi connectivity index (χ0v) is 17.1. The van der Waals surface area contributed by atoms with Gasteiger partial charge in [-0.1, -0.05) is 30.3 Å². The third-order valence-corrected chi connectivity index (χ3v) is 4.61. The maximum Gasteiger partial charge on any atom is 0.387 e. The monoisotopic (exact) mass is 452 g/mol. The van der Waals surface area contributed by atoms with Crippen LogP contribution in [0.3, 0.4) is 0 Å². The van der Waals surface area contributed by atoms with Gasteiger partial charge in [-0.2, -0.15) is 8.78 Å². The fourth-order valence-electron chi connectivity index (χ4n) is 3.12. The highest BCUT2D eigenvalue weighted by Crippen LogP contribution is 2.34. The van der Waals surface area contributed by atoms with Gasteiger partial charge in [-0.15, -0.1) is 0 Å². The van der Waals surface area contributed by atoms with Crippen LogP contribution in [-0.4, -0.2) is 25.2 Å². The molecule has 9 heteroatoms. The van der Waals surface area contributed by atoms with Crippen molar-refractivity contribution >= 4 is 29.3 Å². The first kappa shape index (κ1) is 21.8. The number of benzene rings is 3. The van der Waals surface area contributed by atoms with Crippen LogP contribution in [-0.2, 0) is 4.79 Å². The number of ether oxygens (including phenoxy) is 3. The topological polar surface area (TPSA) is 85.9 Å². The molecule has 33 heavy (non-hydrogen) atoms. The molecule has 0 bridgehead atoms. The molecule has 2 amide bonds. The second-order valence-electron chi connectivity index (χ2n) is 6.81. The Bertz CT molecular complexity index is 1210. The summed E-state index contributed by atoms with van der Waals surface area (Å²) in [4.78, 5) is 25.2. The predicted octanol–water partition coefficient (Wildman–Crippen LogP) is 4.92. The smallest absolute Gasteiger partial charge is 0.387 e. The molecule has 1 heterocycles. The number of nitrogens with one attached hydrogen (secondary N) is 2. The molecule has 1 aliphatic rings. The van der Waals surface area contributed by atoms with E-state index in [1.165, 1.54) is 24.3 Å². The van der Waals surface area contributed by atoms with Gasteiger partial charge in [0.25, 0.3) is 5.91 Å². The highest BCUT2D eigenvalue weighted by Gasteiger charge is 2.16. The number of hydrogen-bond donors (Lipinski definition) is 2. The molecule has 7 nitrogen and oxygen atoms in total. The van der Waals surface area contributed by atoms with Gasteiger partial charge in [0.1, 0.15) is 5.75 Å². The van der Waals surface area contributed by atoms with Crippen molar-refractivity contribution in [2.45, 2.75) is 6.61 Å². The minimum absolute atomic E-state index is 0.0555. The molecule has 3 aromatic carbocycles. The first-order valence-corrected chi connectivity index (χ1v) is 9.82.